The van der Waals surface area contributed by atoms with Crippen LogP contribution in [0.4, 0.5) is 4.39 Å². The van der Waals surface area contributed by atoms with Gasteiger partial charge < -0.3 is 19.9 Å². The molecule has 0 aromatic heterocycles. The van der Waals surface area contributed by atoms with Gasteiger partial charge >= 0.3 is 0 Å². The normalized spacial score (nSPS) is 10.3. The highest BCUT2D eigenvalue weighted by atomic mass is 19.1. The Kier molecular flexibility index (Phi) is 4.65. The molecule has 0 saturated carbocycles. The summed E-state index contributed by atoms with van der Waals surface area (Å²) in [6.45, 7) is 0.338. The van der Waals surface area contributed by atoms with E-state index >= 15 is 0 Å². The molecule has 0 aliphatic heterocycles. The monoisotopic (exact) mass is 291 g/mol. The van der Waals surface area contributed by atoms with Crippen molar-refractivity contribution < 1.29 is 18.6 Å². The molecule has 0 amide bonds. The van der Waals surface area contributed by atoms with Gasteiger partial charge in [0.2, 0.25) is 0 Å². The Morgan fingerprint density at radius 2 is 1.62 bits per heavy atom. The van der Waals surface area contributed by atoms with Crippen molar-refractivity contribution in [2.45, 2.75) is 6.54 Å². The van der Waals surface area contributed by atoms with Crippen molar-refractivity contribution in [2.24, 2.45) is 5.73 Å². The summed E-state index contributed by atoms with van der Waals surface area (Å²) >= 11 is 0. The van der Waals surface area contributed by atoms with Crippen LogP contribution < -0.4 is 19.9 Å². The van der Waals surface area contributed by atoms with Crippen LogP contribution in [0.5, 0.6) is 17.2 Å². The molecule has 0 fully saturated rings. The molecule has 0 atom stereocenters. The van der Waals surface area contributed by atoms with E-state index in [1.54, 1.807) is 19.2 Å². The average Bonchev–Trinajstić information content (AvgIpc) is 2.53. The highest BCUT2D eigenvalue weighted by molar-refractivity contribution is 5.79. The van der Waals surface area contributed by atoms with Gasteiger partial charge in [-0.1, -0.05) is 0 Å². The van der Waals surface area contributed by atoms with Crippen molar-refractivity contribution in [3.63, 3.8) is 0 Å². The Balaban J connectivity index is 2.75. The topological polar surface area (TPSA) is 53.7 Å². The number of benzene rings is 2. The fraction of sp³-hybridized carbons (Fsp3) is 0.250. The predicted octanol–water partition coefficient (Wildman–Crippen LogP) is 2.98. The molecular weight excluding hydrogens is 273 g/mol. The maximum atomic E-state index is 13.6. The average molecular weight is 291 g/mol. The van der Waals surface area contributed by atoms with Crippen LogP contribution in [-0.2, 0) is 6.54 Å². The Hall–Kier alpha value is -2.27. The van der Waals surface area contributed by atoms with E-state index in [0.717, 1.165) is 5.56 Å². The third kappa shape index (κ3) is 2.92. The largest absolute Gasteiger partial charge is 0.496 e. The molecule has 2 rings (SSSR count). The summed E-state index contributed by atoms with van der Waals surface area (Å²) in [5.74, 6) is 1.25. The molecule has 0 heterocycles. The Morgan fingerprint density at radius 3 is 2.19 bits per heavy atom. The maximum Gasteiger partial charge on any atom is 0.168 e. The first-order valence-corrected chi connectivity index (χ1v) is 6.43. The van der Waals surface area contributed by atoms with Crippen molar-refractivity contribution in [1.29, 1.82) is 0 Å². The van der Waals surface area contributed by atoms with Crippen LogP contribution in [0.2, 0.25) is 0 Å². The summed E-state index contributed by atoms with van der Waals surface area (Å²) in [4.78, 5) is 0. The minimum Gasteiger partial charge on any atom is -0.496 e. The lowest BCUT2D eigenvalue weighted by Gasteiger charge is -2.16. The van der Waals surface area contributed by atoms with Gasteiger partial charge in [-0.2, -0.15) is 0 Å². The molecule has 4 nitrogen and oxygen atoms in total. The lowest BCUT2D eigenvalue weighted by atomic mass is 10.00. The van der Waals surface area contributed by atoms with Crippen LogP contribution in [-0.4, -0.2) is 21.3 Å². The van der Waals surface area contributed by atoms with Crippen LogP contribution in [0.15, 0.2) is 30.3 Å². The second kappa shape index (κ2) is 6.45. The Morgan fingerprint density at radius 1 is 0.905 bits per heavy atom. The first-order chi connectivity index (χ1) is 10.1. The summed E-state index contributed by atoms with van der Waals surface area (Å²) in [5, 5.41) is 0. The predicted molar refractivity (Wildman–Crippen MR) is 79.4 cm³/mol. The van der Waals surface area contributed by atoms with Gasteiger partial charge in [0, 0.05) is 17.7 Å². The highest BCUT2D eigenvalue weighted by Gasteiger charge is 2.17. The first kappa shape index (κ1) is 15.1. The second-order valence-electron chi connectivity index (χ2n) is 4.43. The fourth-order valence-electron chi connectivity index (χ4n) is 2.23. The van der Waals surface area contributed by atoms with Gasteiger partial charge in [-0.15, -0.1) is 0 Å². The Bertz CT molecular complexity index is 644. The fourth-order valence-corrected chi connectivity index (χ4v) is 2.23. The van der Waals surface area contributed by atoms with Crippen molar-refractivity contribution in [3.05, 3.63) is 41.7 Å². The van der Waals surface area contributed by atoms with Gasteiger partial charge in [-0.05, 0) is 35.9 Å². The van der Waals surface area contributed by atoms with E-state index in [2.05, 4.69) is 0 Å². The summed E-state index contributed by atoms with van der Waals surface area (Å²) in [7, 11) is 4.62. The van der Waals surface area contributed by atoms with E-state index in [-0.39, 0.29) is 5.82 Å². The summed E-state index contributed by atoms with van der Waals surface area (Å²) < 4.78 is 29.7. The van der Waals surface area contributed by atoms with Crippen molar-refractivity contribution in [2.75, 3.05) is 21.3 Å². The van der Waals surface area contributed by atoms with Gasteiger partial charge in [-0.3, -0.25) is 0 Å². The molecule has 2 aromatic rings. The van der Waals surface area contributed by atoms with Gasteiger partial charge in [-0.25, -0.2) is 4.39 Å². The van der Waals surface area contributed by atoms with E-state index in [4.69, 9.17) is 19.9 Å². The molecule has 0 bridgehead atoms. The number of methoxy groups -OCH3 is 3. The van der Waals surface area contributed by atoms with E-state index in [0.29, 0.717) is 34.9 Å². The molecular formula is C16H18FNO3. The SMILES string of the molecule is COc1ccc(F)cc1-c1cc(CN)cc(OC)c1OC. The highest BCUT2D eigenvalue weighted by Crippen LogP contribution is 2.42. The summed E-state index contributed by atoms with van der Waals surface area (Å²) in [6, 6.07) is 7.97. The number of rotatable bonds is 5. The Labute approximate surface area is 123 Å². The third-order valence-corrected chi connectivity index (χ3v) is 3.23. The number of hydrogen-bond acceptors (Lipinski definition) is 4. The molecule has 0 saturated heterocycles. The number of halogens is 1. The zero-order valence-corrected chi connectivity index (χ0v) is 12.3. The lowest BCUT2D eigenvalue weighted by molar-refractivity contribution is 0.355. The zero-order valence-electron chi connectivity index (χ0n) is 12.3. The van der Waals surface area contributed by atoms with E-state index < -0.39 is 0 Å². The van der Waals surface area contributed by atoms with Gasteiger partial charge in [0.1, 0.15) is 11.6 Å². The lowest BCUT2D eigenvalue weighted by Crippen LogP contribution is -2.01. The molecule has 0 aliphatic carbocycles. The molecule has 2 N–H and O–H groups in total. The zero-order chi connectivity index (χ0) is 15.4. The smallest absolute Gasteiger partial charge is 0.168 e. The van der Waals surface area contributed by atoms with Crippen LogP contribution in [0.3, 0.4) is 0 Å². The van der Waals surface area contributed by atoms with Crippen LogP contribution in [0.25, 0.3) is 11.1 Å². The molecule has 112 valence electrons. The first-order valence-electron chi connectivity index (χ1n) is 6.43. The molecule has 21 heavy (non-hydrogen) atoms. The van der Waals surface area contributed by atoms with Crippen molar-refractivity contribution >= 4 is 0 Å². The van der Waals surface area contributed by atoms with E-state index in [9.17, 15) is 4.39 Å². The van der Waals surface area contributed by atoms with Gasteiger partial charge in [0.25, 0.3) is 0 Å². The standard InChI is InChI=1S/C16H18FNO3/c1-19-14-5-4-11(17)8-12(14)13-6-10(9-18)7-15(20-2)16(13)21-3/h4-8H,9,18H2,1-3H3. The van der Waals surface area contributed by atoms with Crippen LogP contribution in [0, 0.1) is 5.82 Å². The van der Waals surface area contributed by atoms with E-state index in [1.165, 1.54) is 26.4 Å². The van der Waals surface area contributed by atoms with Crippen LogP contribution in [0.1, 0.15) is 5.56 Å². The quantitative estimate of drug-likeness (QED) is 0.920. The van der Waals surface area contributed by atoms with Gasteiger partial charge in [0.15, 0.2) is 11.5 Å². The number of nitrogens with two attached hydrogens (primary N) is 1. The minimum absolute atomic E-state index is 0.338. The molecule has 0 radical (unpaired) electrons. The summed E-state index contributed by atoms with van der Waals surface area (Å²) in [5.41, 5.74) is 7.83. The maximum absolute atomic E-state index is 13.6. The van der Waals surface area contributed by atoms with Crippen molar-refractivity contribution in [1.82, 2.24) is 0 Å². The molecule has 0 aliphatic rings. The van der Waals surface area contributed by atoms with E-state index in [1.807, 2.05) is 6.07 Å². The molecule has 5 heteroatoms. The number of hydrogen-bond donors (Lipinski definition) is 1. The van der Waals surface area contributed by atoms with Gasteiger partial charge in [0.05, 0.1) is 21.3 Å². The number of ether oxygens (including phenoxy) is 3. The summed E-state index contributed by atoms with van der Waals surface area (Å²) in [6.07, 6.45) is 0. The van der Waals surface area contributed by atoms with Crippen LogP contribution >= 0.6 is 0 Å². The molecule has 2 aromatic carbocycles. The molecule has 0 spiro atoms. The van der Waals surface area contributed by atoms with Crippen molar-refractivity contribution in [3.8, 4) is 28.4 Å². The third-order valence-electron chi connectivity index (χ3n) is 3.23. The minimum atomic E-state index is -0.357. The second-order valence-corrected chi connectivity index (χ2v) is 4.43. The molecule has 0 unspecified atom stereocenters.